The molecule has 1 aliphatic heterocycles. The average Bonchev–Trinajstić information content (AvgIpc) is 3.18. The zero-order valence-corrected chi connectivity index (χ0v) is 19.2. The number of hydrogen-bond donors (Lipinski definition) is 2. The molecule has 0 radical (unpaired) electrons. The van der Waals surface area contributed by atoms with Crippen LogP contribution in [0.2, 0.25) is 0 Å². The van der Waals surface area contributed by atoms with Crippen LogP contribution in [0.3, 0.4) is 0 Å². The number of rotatable bonds is 4. The smallest absolute Gasteiger partial charge is 0.274 e. The molecule has 1 amide bonds. The lowest BCUT2D eigenvalue weighted by molar-refractivity contribution is 0.102. The first-order valence-corrected chi connectivity index (χ1v) is 10.8. The lowest BCUT2D eigenvalue weighted by atomic mass is 10.1. The lowest BCUT2D eigenvalue weighted by Crippen LogP contribution is -2.30. The van der Waals surface area contributed by atoms with Crippen molar-refractivity contribution in [2.45, 2.75) is 19.3 Å². The number of nitrogen functional groups attached to an aromatic ring is 1. The van der Waals surface area contributed by atoms with Crippen molar-refractivity contribution in [1.29, 1.82) is 0 Å². The normalized spacial score (nSPS) is 13.5. The minimum absolute atomic E-state index is 0. The van der Waals surface area contributed by atoms with E-state index in [0.29, 0.717) is 17.2 Å². The minimum atomic E-state index is -0.254. The predicted molar refractivity (Wildman–Crippen MR) is 134 cm³/mol. The number of carbonyl (C=O) groups excluding carboxylic acids is 1. The molecule has 9 heteroatoms. The molecule has 0 saturated carbocycles. The Morgan fingerprint density at radius 3 is 2.70 bits per heavy atom. The fourth-order valence-corrected chi connectivity index (χ4v) is 4.20. The number of halogens is 1. The summed E-state index contributed by atoms with van der Waals surface area (Å²) in [6.45, 7) is 1.94. The molecule has 4 aromatic rings. The highest BCUT2D eigenvalue weighted by atomic mass is 35.5. The van der Waals surface area contributed by atoms with Crippen molar-refractivity contribution in [2.75, 3.05) is 29.0 Å². The summed E-state index contributed by atoms with van der Waals surface area (Å²) in [5.74, 6) is 0.158. The number of fused-ring (bicyclic) bond motifs is 1. The summed E-state index contributed by atoms with van der Waals surface area (Å²) >= 11 is 0. The zero-order valence-electron chi connectivity index (χ0n) is 18.4. The molecule has 33 heavy (non-hydrogen) atoms. The second-order valence-corrected chi connectivity index (χ2v) is 8.11. The molecule has 5 rings (SSSR count). The lowest BCUT2D eigenvalue weighted by Gasteiger charge is -2.30. The van der Waals surface area contributed by atoms with Gasteiger partial charge in [0, 0.05) is 43.5 Å². The minimum Gasteiger partial charge on any atom is -0.384 e. The van der Waals surface area contributed by atoms with Gasteiger partial charge >= 0.3 is 0 Å². The number of nitrogens with one attached hydrogen (secondary N) is 1. The molecule has 170 valence electrons. The standard InChI is InChI=1S/C24H25N7O.ClH/c1-30-15-17-12-21(22(14-20(17)29-30)31-10-3-2-4-11-31)28-24(32)19-7-5-6-18(27-19)16-8-9-26-23(25)13-16;/h5-9,12-15H,2-4,10-11H2,1H3,(H2,25,26)(H,28,32);1H. The molecule has 8 nitrogen and oxygen atoms in total. The van der Waals surface area contributed by atoms with E-state index in [1.165, 1.54) is 6.42 Å². The van der Waals surface area contributed by atoms with Crippen LogP contribution in [0.25, 0.3) is 22.2 Å². The predicted octanol–water partition coefficient (Wildman–Crippen LogP) is 4.28. The summed E-state index contributed by atoms with van der Waals surface area (Å²) in [5.41, 5.74) is 10.3. The number of aryl methyl sites for hydroxylation is 1. The third-order valence-electron chi connectivity index (χ3n) is 5.74. The van der Waals surface area contributed by atoms with Gasteiger partial charge in [0.25, 0.3) is 5.91 Å². The van der Waals surface area contributed by atoms with Crippen LogP contribution in [0, 0.1) is 0 Å². The molecule has 1 saturated heterocycles. The van der Waals surface area contributed by atoms with E-state index >= 15 is 0 Å². The van der Waals surface area contributed by atoms with Crippen LogP contribution in [0.5, 0.6) is 0 Å². The van der Waals surface area contributed by atoms with Gasteiger partial charge in [0.1, 0.15) is 11.5 Å². The van der Waals surface area contributed by atoms with Gasteiger partial charge in [-0.3, -0.25) is 9.48 Å². The monoisotopic (exact) mass is 463 g/mol. The zero-order chi connectivity index (χ0) is 22.1. The van der Waals surface area contributed by atoms with Gasteiger partial charge in [-0.15, -0.1) is 12.4 Å². The highest BCUT2D eigenvalue weighted by molar-refractivity contribution is 6.06. The summed E-state index contributed by atoms with van der Waals surface area (Å²) in [7, 11) is 1.90. The fourth-order valence-electron chi connectivity index (χ4n) is 4.20. The van der Waals surface area contributed by atoms with E-state index in [2.05, 4.69) is 31.3 Å². The molecule has 0 bridgehead atoms. The van der Waals surface area contributed by atoms with Crippen molar-refractivity contribution in [3.05, 3.63) is 60.6 Å². The van der Waals surface area contributed by atoms with Crippen LogP contribution in [0.15, 0.2) is 54.9 Å². The van der Waals surface area contributed by atoms with Crippen molar-refractivity contribution in [1.82, 2.24) is 19.7 Å². The maximum atomic E-state index is 13.2. The van der Waals surface area contributed by atoms with Crippen LogP contribution in [0.1, 0.15) is 29.8 Å². The first kappa shape index (κ1) is 22.5. The van der Waals surface area contributed by atoms with E-state index in [-0.39, 0.29) is 18.3 Å². The van der Waals surface area contributed by atoms with Gasteiger partial charge in [-0.1, -0.05) is 6.07 Å². The Balaban J connectivity index is 0.00000259. The Hall–Kier alpha value is -3.65. The number of piperidine rings is 1. The topological polar surface area (TPSA) is 102 Å². The summed E-state index contributed by atoms with van der Waals surface area (Å²) in [4.78, 5) is 24.1. The van der Waals surface area contributed by atoms with Gasteiger partial charge in [0.15, 0.2) is 0 Å². The summed E-state index contributed by atoms with van der Waals surface area (Å²) in [6.07, 6.45) is 7.11. The molecule has 0 spiro atoms. The van der Waals surface area contributed by atoms with Crippen molar-refractivity contribution >= 4 is 46.4 Å². The number of pyridine rings is 2. The van der Waals surface area contributed by atoms with Crippen molar-refractivity contribution in [2.24, 2.45) is 7.05 Å². The van der Waals surface area contributed by atoms with Crippen LogP contribution in [-0.2, 0) is 7.05 Å². The Bertz CT molecular complexity index is 1300. The third-order valence-corrected chi connectivity index (χ3v) is 5.74. The van der Waals surface area contributed by atoms with Crippen LogP contribution < -0.4 is 16.0 Å². The molecular formula is C24H26ClN7O. The highest BCUT2D eigenvalue weighted by Gasteiger charge is 2.19. The molecule has 3 aromatic heterocycles. The van der Waals surface area contributed by atoms with Crippen LogP contribution in [0.4, 0.5) is 17.2 Å². The summed E-state index contributed by atoms with van der Waals surface area (Å²) in [6, 6.07) is 13.0. The van der Waals surface area contributed by atoms with Gasteiger partial charge in [-0.05, 0) is 55.7 Å². The van der Waals surface area contributed by atoms with Crippen molar-refractivity contribution in [3.63, 3.8) is 0 Å². The first-order chi connectivity index (χ1) is 15.6. The Labute approximate surface area is 198 Å². The number of nitrogens with two attached hydrogens (primary N) is 1. The van der Waals surface area contributed by atoms with E-state index < -0.39 is 0 Å². The quantitative estimate of drug-likeness (QED) is 0.468. The number of hydrogen-bond acceptors (Lipinski definition) is 6. The van der Waals surface area contributed by atoms with E-state index in [4.69, 9.17) is 5.73 Å². The number of carbonyl (C=O) groups is 1. The second-order valence-electron chi connectivity index (χ2n) is 8.11. The van der Waals surface area contributed by atoms with Crippen LogP contribution >= 0.6 is 12.4 Å². The molecule has 0 unspecified atom stereocenters. The van der Waals surface area contributed by atoms with E-state index in [1.807, 2.05) is 37.5 Å². The number of aromatic nitrogens is 4. The summed E-state index contributed by atoms with van der Waals surface area (Å²) in [5, 5.41) is 8.63. The fraction of sp³-hybridized carbons (Fsp3) is 0.250. The highest BCUT2D eigenvalue weighted by Crippen LogP contribution is 2.33. The maximum Gasteiger partial charge on any atom is 0.274 e. The Kier molecular flexibility index (Phi) is 6.46. The third kappa shape index (κ3) is 4.75. The summed E-state index contributed by atoms with van der Waals surface area (Å²) < 4.78 is 1.79. The molecule has 1 fully saturated rings. The number of nitrogens with zero attached hydrogens (tertiary/aromatic N) is 5. The van der Waals surface area contributed by atoms with E-state index in [9.17, 15) is 4.79 Å². The number of anilines is 3. The molecule has 0 aliphatic carbocycles. The Morgan fingerprint density at radius 1 is 1.09 bits per heavy atom. The Morgan fingerprint density at radius 2 is 1.91 bits per heavy atom. The van der Waals surface area contributed by atoms with Gasteiger partial charge in [0.2, 0.25) is 0 Å². The van der Waals surface area contributed by atoms with Gasteiger partial charge < -0.3 is 16.0 Å². The van der Waals surface area contributed by atoms with Crippen molar-refractivity contribution < 1.29 is 4.79 Å². The van der Waals surface area contributed by atoms with Gasteiger partial charge in [-0.2, -0.15) is 5.10 Å². The largest absolute Gasteiger partial charge is 0.384 e. The first-order valence-electron chi connectivity index (χ1n) is 10.8. The molecule has 1 aromatic carbocycles. The SMILES string of the molecule is Cl.Cn1cc2cc(NC(=O)c3cccc(-c4ccnc(N)c4)n3)c(N3CCCCC3)cc2n1. The number of benzene rings is 1. The molecule has 0 atom stereocenters. The number of amides is 1. The van der Waals surface area contributed by atoms with Crippen molar-refractivity contribution in [3.8, 4) is 11.3 Å². The van der Waals surface area contributed by atoms with Gasteiger partial charge in [0.05, 0.1) is 22.6 Å². The van der Waals surface area contributed by atoms with E-state index in [1.54, 1.807) is 23.0 Å². The molecule has 1 aliphatic rings. The average molecular weight is 464 g/mol. The van der Waals surface area contributed by atoms with E-state index in [0.717, 1.165) is 53.8 Å². The van der Waals surface area contributed by atoms with Gasteiger partial charge in [-0.25, -0.2) is 9.97 Å². The maximum absolute atomic E-state index is 13.2. The second kappa shape index (κ2) is 9.46. The molecular weight excluding hydrogens is 438 g/mol. The van der Waals surface area contributed by atoms with Crippen LogP contribution in [-0.4, -0.2) is 38.7 Å². The molecule has 3 N–H and O–H groups in total. The molecule has 4 heterocycles.